The van der Waals surface area contributed by atoms with E-state index in [0.717, 1.165) is 27.6 Å². The largest absolute Gasteiger partial charge is 0.493 e. The number of ether oxygens (including phenoxy) is 4. The van der Waals surface area contributed by atoms with E-state index in [4.69, 9.17) is 18.9 Å². The quantitative estimate of drug-likeness (QED) is 0.391. The Labute approximate surface area is 223 Å². The minimum Gasteiger partial charge on any atom is -0.493 e. The molecule has 4 unspecified atom stereocenters. The molecule has 8 heteroatoms. The third kappa shape index (κ3) is 5.25. The van der Waals surface area contributed by atoms with Crippen LogP contribution in [0.25, 0.3) is 10.9 Å². The number of rotatable bonds is 9. The summed E-state index contributed by atoms with van der Waals surface area (Å²) < 4.78 is 23.6. The number of carbonyl (C=O) groups is 1. The van der Waals surface area contributed by atoms with Crippen LogP contribution in [0.2, 0.25) is 0 Å². The SMILES string of the molecule is COc1cc2c(cc1OC)C1CC(C(=O)N[C@@H](CO)Cc3c[nH]c4ccccc34)C(OC(C)C)CC1OC2. The van der Waals surface area contributed by atoms with Crippen molar-refractivity contribution in [2.24, 2.45) is 5.92 Å². The third-order valence-electron chi connectivity index (χ3n) is 7.86. The number of hydrogen-bond acceptors (Lipinski definition) is 6. The Balaban J connectivity index is 1.38. The minimum absolute atomic E-state index is 0.0214. The lowest BCUT2D eigenvalue weighted by Gasteiger charge is -2.44. The molecule has 2 heterocycles. The van der Waals surface area contributed by atoms with Crippen LogP contribution >= 0.6 is 0 Å². The molecule has 0 bridgehead atoms. The lowest BCUT2D eigenvalue weighted by Crippen LogP contribution is -2.51. The van der Waals surface area contributed by atoms with Gasteiger partial charge >= 0.3 is 0 Å². The van der Waals surface area contributed by atoms with Crippen LogP contribution in [0.5, 0.6) is 11.5 Å². The topological polar surface area (TPSA) is 102 Å². The number of aromatic amines is 1. The summed E-state index contributed by atoms with van der Waals surface area (Å²) in [5.74, 6) is 0.899. The van der Waals surface area contributed by atoms with Crippen LogP contribution in [0.15, 0.2) is 42.6 Å². The van der Waals surface area contributed by atoms with E-state index in [2.05, 4.69) is 16.4 Å². The first-order valence-corrected chi connectivity index (χ1v) is 13.4. The van der Waals surface area contributed by atoms with Crippen LogP contribution in [0.3, 0.4) is 0 Å². The second-order valence-electron chi connectivity index (χ2n) is 10.6. The number of aliphatic hydroxyl groups excluding tert-OH is 1. The second kappa shape index (κ2) is 11.4. The number of nitrogens with one attached hydrogen (secondary N) is 2. The molecule has 8 nitrogen and oxygen atoms in total. The van der Waals surface area contributed by atoms with Crippen LogP contribution in [0.4, 0.5) is 0 Å². The number of amides is 1. The molecule has 1 amide bonds. The van der Waals surface area contributed by atoms with Gasteiger partial charge in [-0.25, -0.2) is 0 Å². The Bertz CT molecular complexity index is 1270. The lowest BCUT2D eigenvalue weighted by molar-refractivity contribution is -0.145. The Morgan fingerprint density at radius 3 is 2.66 bits per heavy atom. The van der Waals surface area contributed by atoms with E-state index >= 15 is 0 Å². The van der Waals surface area contributed by atoms with E-state index < -0.39 is 6.04 Å². The summed E-state index contributed by atoms with van der Waals surface area (Å²) in [4.78, 5) is 17.0. The molecule has 1 aromatic heterocycles. The van der Waals surface area contributed by atoms with E-state index in [-0.39, 0.29) is 42.7 Å². The van der Waals surface area contributed by atoms with Gasteiger partial charge in [0.05, 0.1) is 57.7 Å². The maximum atomic E-state index is 13.8. The van der Waals surface area contributed by atoms with Crippen molar-refractivity contribution in [2.45, 2.75) is 70.0 Å². The van der Waals surface area contributed by atoms with Gasteiger partial charge in [0.1, 0.15) is 0 Å². The molecule has 38 heavy (non-hydrogen) atoms. The molecule has 2 aliphatic rings. The summed E-state index contributed by atoms with van der Waals surface area (Å²) >= 11 is 0. The molecule has 1 aliphatic carbocycles. The fourth-order valence-corrected chi connectivity index (χ4v) is 6.06. The third-order valence-corrected chi connectivity index (χ3v) is 7.86. The minimum atomic E-state index is -0.404. The highest BCUT2D eigenvalue weighted by molar-refractivity contribution is 5.83. The number of hydrogen-bond donors (Lipinski definition) is 3. The molecule has 0 radical (unpaired) electrons. The molecule has 0 spiro atoms. The Kier molecular flexibility index (Phi) is 7.93. The van der Waals surface area contributed by atoms with Gasteiger partial charge in [-0.1, -0.05) is 18.2 Å². The van der Waals surface area contributed by atoms with E-state index in [1.165, 1.54) is 0 Å². The van der Waals surface area contributed by atoms with Gasteiger partial charge in [0.25, 0.3) is 0 Å². The molecule has 3 N–H and O–H groups in total. The second-order valence-corrected chi connectivity index (χ2v) is 10.6. The van der Waals surface area contributed by atoms with Crippen LogP contribution in [0, 0.1) is 5.92 Å². The first-order valence-electron chi connectivity index (χ1n) is 13.4. The van der Waals surface area contributed by atoms with Crippen LogP contribution in [-0.4, -0.2) is 61.2 Å². The highest BCUT2D eigenvalue weighted by atomic mass is 16.5. The van der Waals surface area contributed by atoms with Gasteiger partial charge in [-0.15, -0.1) is 0 Å². The summed E-state index contributed by atoms with van der Waals surface area (Å²) in [6.45, 7) is 4.31. The number of carbonyl (C=O) groups excluding carboxylic acids is 1. The zero-order chi connectivity index (χ0) is 26.8. The van der Waals surface area contributed by atoms with Crippen molar-refractivity contribution < 1.29 is 28.8 Å². The van der Waals surface area contributed by atoms with Gasteiger partial charge in [0.15, 0.2) is 11.5 Å². The molecule has 1 saturated carbocycles. The average Bonchev–Trinajstić information content (AvgIpc) is 3.33. The molecular formula is C30H38N2O6. The molecule has 2 aromatic carbocycles. The zero-order valence-electron chi connectivity index (χ0n) is 22.5. The first-order chi connectivity index (χ1) is 18.4. The number of methoxy groups -OCH3 is 2. The van der Waals surface area contributed by atoms with Gasteiger partial charge in [-0.3, -0.25) is 4.79 Å². The van der Waals surface area contributed by atoms with E-state index in [9.17, 15) is 9.90 Å². The van der Waals surface area contributed by atoms with Crippen molar-refractivity contribution in [3.63, 3.8) is 0 Å². The van der Waals surface area contributed by atoms with Gasteiger partial charge in [-0.05, 0) is 61.6 Å². The highest BCUT2D eigenvalue weighted by Crippen LogP contribution is 2.47. The molecular weight excluding hydrogens is 484 g/mol. The zero-order valence-corrected chi connectivity index (χ0v) is 22.5. The van der Waals surface area contributed by atoms with Crippen molar-refractivity contribution in [3.05, 3.63) is 59.3 Å². The molecule has 1 aliphatic heterocycles. The predicted octanol–water partition coefficient (Wildman–Crippen LogP) is 4.09. The highest BCUT2D eigenvalue weighted by Gasteiger charge is 2.45. The lowest BCUT2D eigenvalue weighted by atomic mass is 9.71. The van der Waals surface area contributed by atoms with Crippen LogP contribution < -0.4 is 14.8 Å². The molecule has 1 fully saturated rings. The van der Waals surface area contributed by atoms with Crippen LogP contribution in [0.1, 0.15) is 49.3 Å². The Morgan fingerprint density at radius 2 is 1.92 bits per heavy atom. The molecule has 0 saturated heterocycles. The van der Waals surface area contributed by atoms with Crippen molar-refractivity contribution in [3.8, 4) is 11.5 Å². The number of H-pyrrole nitrogens is 1. The number of para-hydroxylation sites is 1. The number of benzene rings is 2. The van der Waals surface area contributed by atoms with Crippen LogP contribution in [-0.2, 0) is 27.3 Å². The molecule has 204 valence electrons. The average molecular weight is 523 g/mol. The monoisotopic (exact) mass is 522 g/mol. The number of aromatic nitrogens is 1. The Morgan fingerprint density at radius 1 is 1.16 bits per heavy atom. The van der Waals surface area contributed by atoms with E-state index in [1.807, 2.05) is 50.4 Å². The Hall–Kier alpha value is -3.07. The van der Waals surface area contributed by atoms with E-state index in [0.29, 0.717) is 37.4 Å². The summed E-state index contributed by atoms with van der Waals surface area (Å²) in [5.41, 5.74) is 4.29. The van der Waals surface area contributed by atoms with Crippen molar-refractivity contribution in [1.29, 1.82) is 0 Å². The predicted molar refractivity (Wildman–Crippen MR) is 145 cm³/mol. The molecule has 5 atom stereocenters. The van der Waals surface area contributed by atoms with Gasteiger partial charge in [-0.2, -0.15) is 0 Å². The standard InChI is InChI=1S/C30H38N2O6/c1-17(2)38-27-13-26-23(22-12-29(36-4)28(35-3)10-19(22)16-37-26)11-24(27)30(34)32-20(15-33)9-18-14-31-25-8-6-5-7-21(18)25/h5-8,10,12,14,17,20,23-24,26-27,31,33H,9,11,13,15-16H2,1-4H3,(H,32,34)/t20-,23?,24?,26?,27?/m1/s1. The summed E-state index contributed by atoms with van der Waals surface area (Å²) in [5, 5.41) is 14.4. The van der Waals surface area contributed by atoms with E-state index in [1.54, 1.807) is 14.2 Å². The molecule has 5 rings (SSSR count). The normalized spacial score (nSPS) is 23.5. The summed E-state index contributed by atoms with van der Waals surface area (Å²) in [6.07, 6.45) is 3.35. The fraction of sp³-hybridized carbons (Fsp3) is 0.500. The maximum absolute atomic E-state index is 13.8. The summed E-state index contributed by atoms with van der Waals surface area (Å²) in [7, 11) is 3.26. The van der Waals surface area contributed by atoms with Crippen molar-refractivity contribution in [2.75, 3.05) is 20.8 Å². The van der Waals surface area contributed by atoms with Crippen molar-refractivity contribution in [1.82, 2.24) is 10.3 Å². The van der Waals surface area contributed by atoms with Gasteiger partial charge in [0.2, 0.25) is 5.91 Å². The van der Waals surface area contributed by atoms with Gasteiger partial charge < -0.3 is 34.4 Å². The number of fused-ring (bicyclic) bond motifs is 4. The molecule has 3 aromatic rings. The first kappa shape index (κ1) is 26.5. The van der Waals surface area contributed by atoms with Crippen molar-refractivity contribution >= 4 is 16.8 Å². The summed E-state index contributed by atoms with van der Waals surface area (Å²) in [6, 6.07) is 11.6. The fourth-order valence-electron chi connectivity index (χ4n) is 6.06. The maximum Gasteiger partial charge on any atom is 0.226 e. The smallest absolute Gasteiger partial charge is 0.226 e. The number of aliphatic hydroxyl groups is 1. The van der Waals surface area contributed by atoms with Gasteiger partial charge in [0, 0.05) is 29.4 Å².